The minimum atomic E-state index is -4.51. The van der Waals surface area contributed by atoms with Crippen LogP contribution in [-0.2, 0) is 32.6 Å². The molecule has 1 fully saturated rings. The molecule has 53 heavy (non-hydrogen) atoms. The zero-order valence-corrected chi connectivity index (χ0v) is 32.0. The topological polar surface area (TPSA) is 124 Å². The van der Waals surface area contributed by atoms with Crippen LogP contribution in [0.4, 0.5) is 5.69 Å². The molecule has 0 unspecified atom stereocenters. The minimum absolute atomic E-state index is 0.0114. The molecule has 4 aromatic rings. The maximum Gasteiger partial charge on any atom is 0.265 e. The normalized spacial score (nSPS) is 13.8. The van der Waals surface area contributed by atoms with Crippen molar-refractivity contribution in [1.29, 1.82) is 0 Å². The van der Waals surface area contributed by atoms with E-state index < -0.39 is 28.5 Å². The van der Waals surface area contributed by atoms with E-state index in [0.29, 0.717) is 17.1 Å². The third-order valence-electron chi connectivity index (χ3n) is 9.34. The van der Waals surface area contributed by atoms with Crippen molar-refractivity contribution >= 4 is 39.1 Å². The first-order valence-electron chi connectivity index (χ1n) is 17.4. The maximum absolute atomic E-state index is 15.0. The Bertz CT molecular complexity index is 1970. The Morgan fingerprint density at radius 2 is 1.45 bits per heavy atom. The molecule has 11 nitrogen and oxygen atoms in total. The summed E-state index contributed by atoms with van der Waals surface area (Å²) >= 11 is 6.44. The molecule has 282 valence electrons. The van der Waals surface area contributed by atoms with Gasteiger partial charge in [0, 0.05) is 30.1 Å². The van der Waals surface area contributed by atoms with Crippen molar-refractivity contribution in [2.24, 2.45) is 0 Å². The van der Waals surface area contributed by atoms with Crippen LogP contribution in [0, 0.1) is 0 Å². The molecular weight excluding hydrogens is 718 g/mol. The van der Waals surface area contributed by atoms with E-state index in [4.69, 9.17) is 30.5 Å². The molecule has 1 N–H and O–H groups in total. The highest BCUT2D eigenvalue weighted by atomic mass is 35.5. The van der Waals surface area contributed by atoms with Crippen molar-refractivity contribution in [3.63, 3.8) is 0 Å². The average Bonchev–Trinajstić information content (AvgIpc) is 3.18. The van der Waals surface area contributed by atoms with E-state index >= 15 is 0 Å². The summed E-state index contributed by atoms with van der Waals surface area (Å²) in [4.78, 5) is 30.7. The predicted octanol–water partition coefficient (Wildman–Crippen LogP) is 6.66. The van der Waals surface area contributed by atoms with Crippen molar-refractivity contribution in [2.75, 3.05) is 39.3 Å². The van der Waals surface area contributed by atoms with E-state index in [0.717, 1.165) is 42.0 Å². The molecule has 0 saturated heterocycles. The highest BCUT2D eigenvalue weighted by molar-refractivity contribution is 7.92. The van der Waals surface area contributed by atoms with Gasteiger partial charge in [-0.1, -0.05) is 73.3 Å². The van der Waals surface area contributed by atoms with Gasteiger partial charge in [0.15, 0.2) is 11.5 Å². The molecule has 1 aliphatic rings. The number of rotatable bonds is 16. The highest BCUT2D eigenvalue weighted by Gasteiger charge is 2.37. The van der Waals surface area contributed by atoms with E-state index in [1.165, 1.54) is 56.6 Å². The number of carbonyl (C=O) groups excluding carboxylic acids is 2. The predicted molar refractivity (Wildman–Crippen MR) is 205 cm³/mol. The largest absolute Gasteiger partial charge is 0.497 e. The SMILES string of the molecule is COc1cccc(CN(C(=O)CN(c2cc(Cl)ccc2OC)S(=O)(=O)c2ccc(OC)c(OC)c2)[C@H](Cc2ccccc2)C(=O)NC2CCCCC2)c1. The molecule has 5 rings (SSSR count). The van der Waals surface area contributed by atoms with Gasteiger partial charge in [-0.3, -0.25) is 13.9 Å². The van der Waals surface area contributed by atoms with Gasteiger partial charge in [-0.15, -0.1) is 0 Å². The Hall–Kier alpha value is -4.94. The van der Waals surface area contributed by atoms with Crippen molar-refractivity contribution < 1.29 is 37.0 Å². The number of carbonyl (C=O) groups is 2. The molecule has 0 bridgehead atoms. The quantitative estimate of drug-likeness (QED) is 0.135. The van der Waals surface area contributed by atoms with Crippen LogP contribution in [-0.4, -0.2) is 72.2 Å². The standard InChI is InChI=1S/C40H46ClN3O8S/c1-49-32-17-11-14-29(22-32)26-43(35(23-28-12-7-5-8-13-28)40(46)42-31-15-9-6-10-16-31)39(45)27-44(34-24-30(41)18-20-36(34)50-2)53(47,48)33-19-21-37(51-3)38(25-33)52-4/h5,7-8,11-14,17-22,24-25,31,35H,6,9-10,15-16,23,26-27H2,1-4H3,(H,42,46)/t35-/m1/s1. The zero-order valence-electron chi connectivity index (χ0n) is 30.4. The minimum Gasteiger partial charge on any atom is -0.497 e. The molecule has 4 aromatic carbocycles. The number of anilines is 1. The summed E-state index contributed by atoms with van der Waals surface area (Å²) in [6, 6.07) is 24.3. The lowest BCUT2D eigenvalue weighted by molar-refractivity contribution is -0.140. The molecule has 13 heteroatoms. The summed E-state index contributed by atoms with van der Waals surface area (Å²) in [7, 11) is 1.28. The van der Waals surface area contributed by atoms with Crippen LogP contribution in [0.3, 0.4) is 0 Å². The van der Waals surface area contributed by atoms with Gasteiger partial charge >= 0.3 is 0 Å². The fourth-order valence-corrected chi connectivity index (χ4v) is 8.14. The van der Waals surface area contributed by atoms with Gasteiger partial charge in [0.2, 0.25) is 11.8 Å². The number of hydrogen-bond acceptors (Lipinski definition) is 8. The Labute approximate surface area is 316 Å². The van der Waals surface area contributed by atoms with Crippen LogP contribution in [0.15, 0.2) is 95.9 Å². The Balaban J connectivity index is 1.63. The second-order valence-corrected chi connectivity index (χ2v) is 15.1. The van der Waals surface area contributed by atoms with E-state index in [1.807, 2.05) is 36.4 Å². The number of methoxy groups -OCH3 is 4. The lowest BCUT2D eigenvalue weighted by Crippen LogP contribution is -2.55. The van der Waals surface area contributed by atoms with Crippen LogP contribution in [0.1, 0.15) is 43.2 Å². The van der Waals surface area contributed by atoms with Crippen molar-refractivity contribution in [2.45, 2.75) is 62.0 Å². The number of benzene rings is 4. The number of sulfonamides is 1. The number of hydrogen-bond donors (Lipinski definition) is 1. The van der Waals surface area contributed by atoms with Crippen molar-refractivity contribution in [3.8, 4) is 23.0 Å². The Kier molecular flexibility index (Phi) is 13.5. The summed E-state index contributed by atoms with van der Waals surface area (Å²) < 4.78 is 52.2. The first-order chi connectivity index (χ1) is 25.6. The first-order valence-corrected chi connectivity index (χ1v) is 19.2. The summed E-state index contributed by atoms with van der Waals surface area (Å²) in [6.07, 6.45) is 5.01. The number of nitrogens with zero attached hydrogens (tertiary/aromatic N) is 2. The highest BCUT2D eigenvalue weighted by Crippen LogP contribution is 2.37. The third kappa shape index (κ3) is 9.74. The molecule has 0 spiro atoms. The molecule has 1 aliphatic carbocycles. The molecule has 0 radical (unpaired) electrons. The summed E-state index contributed by atoms with van der Waals surface area (Å²) in [6.45, 7) is -0.706. The van der Waals surface area contributed by atoms with E-state index in [-0.39, 0.29) is 52.0 Å². The molecule has 1 saturated carbocycles. The van der Waals surface area contributed by atoms with E-state index in [9.17, 15) is 18.0 Å². The lowest BCUT2D eigenvalue weighted by atomic mass is 9.94. The smallest absolute Gasteiger partial charge is 0.265 e. The van der Waals surface area contributed by atoms with Gasteiger partial charge in [-0.05, 0) is 66.4 Å². The van der Waals surface area contributed by atoms with Gasteiger partial charge in [-0.25, -0.2) is 8.42 Å². The van der Waals surface area contributed by atoms with Crippen LogP contribution in [0.5, 0.6) is 23.0 Å². The summed E-state index contributed by atoms with van der Waals surface area (Å²) in [5, 5.41) is 3.45. The molecule has 0 heterocycles. The fourth-order valence-electron chi connectivity index (χ4n) is 6.54. The maximum atomic E-state index is 15.0. The van der Waals surface area contributed by atoms with E-state index in [1.54, 1.807) is 31.4 Å². The molecule has 0 aliphatic heterocycles. The van der Waals surface area contributed by atoms with Gasteiger partial charge in [0.25, 0.3) is 10.0 Å². The van der Waals surface area contributed by atoms with Gasteiger partial charge in [0.05, 0.1) is 39.0 Å². The fraction of sp³-hybridized carbons (Fsp3) is 0.350. The molecule has 2 amide bonds. The first kappa shape index (κ1) is 39.3. The number of nitrogens with one attached hydrogen (secondary N) is 1. The molecule has 1 atom stereocenters. The second-order valence-electron chi connectivity index (χ2n) is 12.8. The summed E-state index contributed by atoms with van der Waals surface area (Å²) in [5.74, 6) is 0.306. The average molecular weight is 764 g/mol. The van der Waals surface area contributed by atoms with Crippen LogP contribution >= 0.6 is 11.6 Å². The summed E-state index contributed by atoms with van der Waals surface area (Å²) in [5.41, 5.74) is 1.57. The van der Waals surface area contributed by atoms with Gasteiger partial charge < -0.3 is 29.2 Å². The zero-order chi connectivity index (χ0) is 38.0. The van der Waals surface area contributed by atoms with E-state index in [2.05, 4.69) is 5.32 Å². The number of halogens is 1. The van der Waals surface area contributed by atoms with Crippen molar-refractivity contribution in [3.05, 3.63) is 107 Å². The number of ether oxygens (including phenoxy) is 4. The van der Waals surface area contributed by atoms with Crippen molar-refractivity contribution in [1.82, 2.24) is 10.2 Å². The third-order valence-corrected chi connectivity index (χ3v) is 11.3. The Morgan fingerprint density at radius 3 is 2.13 bits per heavy atom. The van der Waals surface area contributed by atoms with Crippen LogP contribution < -0.4 is 28.6 Å². The lowest BCUT2D eigenvalue weighted by Gasteiger charge is -2.35. The van der Waals surface area contributed by atoms with Gasteiger partial charge in [-0.2, -0.15) is 0 Å². The second kappa shape index (κ2) is 18.2. The molecular formula is C40H46ClN3O8S. The van der Waals surface area contributed by atoms with Crippen LogP contribution in [0.25, 0.3) is 0 Å². The Morgan fingerprint density at radius 1 is 0.774 bits per heavy atom. The number of amides is 2. The van der Waals surface area contributed by atoms with Crippen LogP contribution in [0.2, 0.25) is 5.02 Å². The van der Waals surface area contributed by atoms with Gasteiger partial charge in [0.1, 0.15) is 24.1 Å². The molecule has 0 aromatic heterocycles. The monoisotopic (exact) mass is 763 g/mol.